The fraction of sp³-hybridized carbons (Fsp3) is 0.150. The highest BCUT2D eigenvalue weighted by Gasteiger charge is 2.45. The number of nitrogens with zero attached hydrogens (tertiary/aromatic N) is 4. The molecule has 2 aliphatic rings. The van der Waals surface area contributed by atoms with Crippen molar-refractivity contribution >= 4 is 23.3 Å². The minimum atomic E-state index is -1.08. The molecule has 0 saturated heterocycles. The van der Waals surface area contributed by atoms with Crippen LogP contribution in [0, 0.1) is 0 Å². The van der Waals surface area contributed by atoms with E-state index in [-0.39, 0.29) is 18.2 Å². The Morgan fingerprint density at radius 1 is 1.15 bits per heavy atom. The monoisotopic (exact) mass is 359 g/mol. The Kier molecular flexibility index (Phi) is 4.12. The molecule has 2 aliphatic heterocycles. The Hall–Kier alpha value is -3.61. The van der Waals surface area contributed by atoms with E-state index in [2.05, 4.69) is 20.3 Å². The van der Waals surface area contributed by atoms with Crippen LogP contribution >= 0.6 is 0 Å². The number of benzene rings is 1. The van der Waals surface area contributed by atoms with Crippen molar-refractivity contribution < 1.29 is 9.59 Å². The molecule has 0 aliphatic carbocycles. The van der Waals surface area contributed by atoms with Crippen molar-refractivity contribution in [1.82, 2.24) is 14.9 Å². The molecule has 0 radical (unpaired) electrons. The normalized spacial score (nSPS) is 20.9. The maximum absolute atomic E-state index is 13.0. The highest BCUT2D eigenvalue weighted by atomic mass is 16.2. The maximum Gasteiger partial charge on any atom is 0.250 e. The molecule has 4 rings (SSSR count). The van der Waals surface area contributed by atoms with Gasteiger partial charge in [0.1, 0.15) is 11.4 Å². The van der Waals surface area contributed by atoms with Gasteiger partial charge < -0.3 is 10.2 Å². The van der Waals surface area contributed by atoms with Gasteiger partial charge in [0.15, 0.2) is 5.82 Å². The molecule has 1 aromatic heterocycles. The van der Waals surface area contributed by atoms with Gasteiger partial charge in [-0.2, -0.15) is 4.99 Å². The van der Waals surface area contributed by atoms with Crippen LogP contribution in [0.5, 0.6) is 0 Å². The van der Waals surface area contributed by atoms with Crippen LogP contribution in [-0.4, -0.2) is 38.1 Å². The van der Waals surface area contributed by atoms with Gasteiger partial charge in [0.25, 0.3) is 11.8 Å². The average Bonchev–Trinajstić information content (AvgIpc) is 2.69. The maximum atomic E-state index is 13.0. The highest BCUT2D eigenvalue weighted by molar-refractivity contribution is 6.11. The number of anilines is 1. The van der Waals surface area contributed by atoms with Gasteiger partial charge in [-0.15, -0.1) is 0 Å². The number of aliphatic imine (C=N–C) groups is 1. The lowest BCUT2D eigenvalue weighted by Gasteiger charge is -2.41. The molecule has 3 heterocycles. The number of carbonyl (C=O) groups is 2. The molecule has 27 heavy (non-hydrogen) atoms. The van der Waals surface area contributed by atoms with E-state index in [1.54, 1.807) is 48.6 Å². The zero-order valence-electron chi connectivity index (χ0n) is 14.7. The van der Waals surface area contributed by atoms with Crippen LogP contribution in [0.3, 0.4) is 0 Å². The van der Waals surface area contributed by atoms with Crippen molar-refractivity contribution in [3.05, 3.63) is 67.2 Å². The molecule has 0 bridgehead atoms. The lowest BCUT2D eigenvalue weighted by atomic mass is 9.91. The van der Waals surface area contributed by atoms with E-state index in [0.29, 0.717) is 17.3 Å². The summed E-state index contributed by atoms with van der Waals surface area (Å²) in [7, 11) is 0. The molecule has 7 heteroatoms. The molecule has 134 valence electrons. The number of allylic oxidation sites excluding steroid dienone is 2. The summed E-state index contributed by atoms with van der Waals surface area (Å²) >= 11 is 0. The van der Waals surface area contributed by atoms with Crippen molar-refractivity contribution in [1.29, 1.82) is 0 Å². The van der Waals surface area contributed by atoms with E-state index < -0.39 is 5.54 Å². The minimum absolute atomic E-state index is 0.0104. The predicted octanol–water partition coefficient (Wildman–Crippen LogP) is 2.56. The lowest BCUT2D eigenvalue weighted by molar-refractivity contribution is -0.130. The summed E-state index contributed by atoms with van der Waals surface area (Å²) in [5.41, 5.74) is 0.285. The van der Waals surface area contributed by atoms with Crippen LogP contribution in [0.2, 0.25) is 0 Å². The number of carbonyl (C=O) groups excluding carboxylic acids is 2. The van der Waals surface area contributed by atoms with Gasteiger partial charge in [-0.3, -0.25) is 9.59 Å². The van der Waals surface area contributed by atoms with Crippen molar-refractivity contribution in [2.45, 2.75) is 18.9 Å². The van der Waals surface area contributed by atoms with Crippen LogP contribution in [0.4, 0.5) is 5.69 Å². The molecule has 7 nitrogen and oxygen atoms in total. The second-order valence-corrected chi connectivity index (χ2v) is 6.50. The molecular formula is C20H17N5O2. The van der Waals surface area contributed by atoms with Gasteiger partial charge in [-0.25, -0.2) is 9.97 Å². The number of hydrogen-bond acceptors (Lipinski definition) is 5. The molecule has 1 atom stereocenters. The molecule has 2 amide bonds. The van der Waals surface area contributed by atoms with Crippen molar-refractivity contribution in [2.24, 2.45) is 4.99 Å². The molecule has 0 spiro atoms. The summed E-state index contributed by atoms with van der Waals surface area (Å²) < 4.78 is 0. The first-order chi connectivity index (χ1) is 13.1. The quantitative estimate of drug-likeness (QED) is 0.910. The third kappa shape index (κ3) is 3.15. The summed E-state index contributed by atoms with van der Waals surface area (Å²) in [5, 5.41) is 2.81. The third-order valence-electron chi connectivity index (χ3n) is 4.54. The molecule has 1 N–H and O–H groups in total. The van der Waals surface area contributed by atoms with E-state index >= 15 is 0 Å². The largest absolute Gasteiger partial charge is 0.321 e. The Morgan fingerprint density at radius 2 is 1.89 bits per heavy atom. The summed E-state index contributed by atoms with van der Waals surface area (Å²) in [5.74, 6) is 0.391. The third-order valence-corrected chi connectivity index (χ3v) is 4.54. The average molecular weight is 359 g/mol. The van der Waals surface area contributed by atoms with Crippen molar-refractivity contribution in [2.75, 3.05) is 5.32 Å². The van der Waals surface area contributed by atoms with Crippen LogP contribution in [0.1, 0.15) is 13.3 Å². The van der Waals surface area contributed by atoms with E-state index in [4.69, 9.17) is 0 Å². The SMILES string of the molecule is CC1(C(=O)Nc2cnc(-c3ccccc3)nc2)CC(=O)N=C2C=CC=CN21. The summed E-state index contributed by atoms with van der Waals surface area (Å²) in [4.78, 5) is 39.3. The number of aromatic nitrogens is 2. The van der Waals surface area contributed by atoms with Crippen LogP contribution in [0.25, 0.3) is 11.4 Å². The first-order valence-corrected chi connectivity index (χ1v) is 8.51. The van der Waals surface area contributed by atoms with E-state index in [0.717, 1.165) is 5.56 Å². The first kappa shape index (κ1) is 16.8. The molecule has 0 fully saturated rings. The Labute approximate surface area is 156 Å². The van der Waals surface area contributed by atoms with Crippen LogP contribution in [0.15, 0.2) is 72.1 Å². The fourth-order valence-electron chi connectivity index (χ4n) is 3.07. The number of nitrogens with one attached hydrogen (secondary N) is 1. The van der Waals surface area contributed by atoms with E-state index in [1.165, 1.54) is 0 Å². The van der Waals surface area contributed by atoms with Gasteiger partial charge in [-0.05, 0) is 19.1 Å². The highest BCUT2D eigenvalue weighted by Crippen LogP contribution is 2.29. The fourth-order valence-corrected chi connectivity index (χ4v) is 3.07. The van der Waals surface area contributed by atoms with Gasteiger partial charge in [-0.1, -0.05) is 36.4 Å². The summed E-state index contributed by atoms with van der Waals surface area (Å²) in [6, 6.07) is 9.58. The molecular weight excluding hydrogens is 342 g/mol. The van der Waals surface area contributed by atoms with Crippen molar-refractivity contribution in [3.63, 3.8) is 0 Å². The Bertz CT molecular complexity index is 979. The Morgan fingerprint density at radius 3 is 2.63 bits per heavy atom. The van der Waals surface area contributed by atoms with E-state index in [1.807, 2.05) is 30.3 Å². The second-order valence-electron chi connectivity index (χ2n) is 6.50. The standard InChI is InChI=1S/C20H17N5O2/c1-20(11-17(26)24-16-9-5-6-10-25(16)20)19(27)23-15-12-21-18(22-13-15)14-7-3-2-4-8-14/h2-10,12-13H,11H2,1H3,(H,23,27). The molecule has 1 unspecified atom stereocenters. The topological polar surface area (TPSA) is 87.5 Å². The Balaban J connectivity index is 1.55. The smallest absolute Gasteiger partial charge is 0.250 e. The zero-order chi connectivity index (χ0) is 18.9. The zero-order valence-corrected chi connectivity index (χ0v) is 14.7. The summed E-state index contributed by atoms with van der Waals surface area (Å²) in [6.07, 6.45) is 10.1. The van der Waals surface area contributed by atoms with Crippen LogP contribution in [-0.2, 0) is 9.59 Å². The molecule has 2 aromatic rings. The lowest BCUT2D eigenvalue weighted by Crippen LogP contribution is -2.58. The number of fused-ring (bicyclic) bond motifs is 1. The molecule has 0 saturated carbocycles. The van der Waals surface area contributed by atoms with E-state index in [9.17, 15) is 9.59 Å². The van der Waals surface area contributed by atoms with Gasteiger partial charge >= 0.3 is 0 Å². The predicted molar refractivity (Wildman–Crippen MR) is 102 cm³/mol. The van der Waals surface area contributed by atoms with Crippen molar-refractivity contribution in [3.8, 4) is 11.4 Å². The number of amides is 2. The second kappa shape index (κ2) is 6.60. The first-order valence-electron chi connectivity index (χ1n) is 8.51. The van der Waals surface area contributed by atoms with Gasteiger partial charge in [0, 0.05) is 11.8 Å². The van der Waals surface area contributed by atoms with Crippen LogP contribution < -0.4 is 5.32 Å². The summed E-state index contributed by atoms with van der Waals surface area (Å²) in [6.45, 7) is 1.72. The number of rotatable bonds is 3. The number of amidine groups is 1. The molecule has 1 aromatic carbocycles. The van der Waals surface area contributed by atoms with Gasteiger partial charge in [0.05, 0.1) is 24.5 Å². The minimum Gasteiger partial charge on any atom is -0.321 e. The van der Waals surface area contributed by atoms with Gasteiger partial charge in [0.2, 0.25) is 0 Å². The number of hydrogen-bond donors (Lipinski definition) is 1.